The second-order valence-corrected chi connectivity index (χ2v) is 4.54. The Balaban J connectivity index is 1.87. The molecule has 0 saturated carbocycles. The number of nitrogens with one attached hydrogen (secondary N) is 1. The summed E-state index contributed by atoms with van der Waals surface area (Å²) in [7, 11) is 0. The molecule has 1 aliphatic heterocycles. The minimum Gasteiger partial charge on any atom is -0.486 e. The molecule has 2 unspecified atom stereocenters. The van der Waals surface area contributed by atoms with Gasteiger partial charge in [0.2, 0.25) is 0 Å². The monoisotopic (exact) mass is 272 g/mol. The quantitative estimate of drug-likeness (QED) is 0.570. The normalized spacial score (nSPS) is 18.6. The fraction of sp³-hybridized carbons (Fsp3) is 0.214. The van der Waals surface area contributed by atoms with Crippen LogP contribution in [-0.4, -0.2) is 17.7 Å². The molecule has 2 heterocycles. The summed E-state index contributed by atoms with van der Waals surface area (Å²) in [5, 5.41) is 0. The average molecular weight is 272 g/mol. The summed E-state index contributed by atoms with van der Waals surface area (Å²) in [6, 6.07) is 10.9. The van der Waals surface area contributed by atoms with Crippen LogP contribution in [0.3, 0.4) is 0 Å². The third-order valence-corrected chi connectivity index (χ3v) is 3.29. The fourth-order valence-corrected chi connectivity index (χ4v) is 2.29. The summed E-state index contributed by atoms with van der Waals surface area (Å²) in [5.41, 5.74) is 9.42. The molecule has 5 N–H and O–H groups in total. The molecular weight excluding hydrogens is 256 g/mol. The van der Waals surface area contributed by atoms with Gasteiger partial charge in [-0.25, -0.2) is 10.4 Å². The number of anilines is 1. The van der Waals surface area contributed by atoms with Crippen molar-refractivity contribution in [1.29, 1.82) is 0 Å². The first kappa shape index (κ1) is 12.7. The lowest BCUT2D eigenvalue weighted by molar-refractivity contribution is 0.0618. The van der Waals surface area contributed by atoms with Crippen LogP contribution in [0.25, 0.3) is 0 Å². The van der Waals surface area contributed by atoms with E-state index in [0.717, 1.165) is 11.3 Å². The molecule has 0 bridgehead atoms. The summed E-state index contributed by atoms with van der Waals surface area (Å²) in [5.74, 6) is 7.52. The standard InChI is InChI=1S/C14H16N4O2/c15-14-9(4-3-7-17-14)13(18-16)12-8-19-10-5-1-2-6-11(10)20-12/h1-7,12-13,18H,8,16H2,(H2,15,17). The number of nitrogens with zero attached hydrogens (tertiary/aromatic N) is 1. The highest BCUT2D eigenvalue weighted by Gasteiger charge is 2.30. The summed E-state index contributed by atoms with van der Waals surface area (Å²) >= 11 is 0. The van der Waals surface area contributed by atoms with Gasteiger partial charge in [0.1, 0.15) is 12.4 Å². The summed E-state index contributed by atoms with van der Waals surface area (Å²) < 4.78 is 11.6. The molecule has 20 heavy (non-hydrogen) atoms. The Morgan fingerprint density at radius 3 is 2.75 bits per heavy atom. The van der Waals surface area contributed by atoms with Crippen LogP contribution in [0.1, 0.15) is 11.6 Å². The lowest BCUT2D eigenvalue weighted by Crippen LogP contribution is -2.44. The van der Waals surface area contributed by atoms with Crippen molar-refractivity contribution in [2.75, 3.05) is 12.3 Å². The molecular formula is C14H16N4O2. The van der Waals surface area contributed by atoms with Crippen LogP contribution in [0.4, 0.5) is 5.82 Å². The van der Waals surface area contributed by atoms with E-state index in [9.17, 15) is 0 Å². The smallest absolute Gasteiger partial charge is 0.161 e. The Kier molecular flexibility index (Phi) is 3.41. The Bertz CT molecular complexity index is 605. The van der Waals surface area contributed by atoms with E-state index in [1.54, 1.807) is 6.20 Å². The Labute approximate surface area is 116 Å². The van der Waals surface area contributed by atoms with Gasteiger partial charge in [-0.15, -0.1) is 0 Å². The van der Waals surface area contributed by atoms with Gasteiger partial charge in [-0.3, -0.25) is 5.84 Å². The Hall–Kier alpha value is -2.31. The van der Waals surface area contributed by atoms with Crippen molar-refractivity contribution in [2.24, 2.45) is 5.84 Å². The zero-order chi connectivity index (χ0) is 13.9. The molecule has 6 heteroatoms. The number of hydrazine groups is 1. The van der Waals surface area contributed by atoms with Crippen LogP contribution < -0.4 is 26.5 Å². The maximum atomic E-state index is 5.94. The first-order valence-electron chi connectivity index (χ1n) is 6.34. The molecule has 2 aromatic rings. The second kappa shape index (κ2) is 5.36. The molecule has 0 saturated heterocycles. The van der Waals surface area contributed by atoms with Crippen LogP contribution in [0, 0.1) is 0 Å². The number of para-hydroxylation sites is 2. The third-order valence-electron chi connectivity index (χ3n) is 3.29. The highest BCUT2D eigenvalue weighted by atomic mass is 16.6. The predicted molar refractivity (Wildman–Crippen MR) is 75.1 cm³/mol. The molecule has 0 amide bonds. The minimum absolute atomic E-state index is 0.276. The minimum atomic E-state index is -0.294. The third kappa shape index (κ3) is 2.26. The van der Waals surface area contributed by atoms with E-state index in [0.29, 0.717) is 18.2 Å². The molecule has 1 aliphatic rings. The first-order chi connectivity index (χ1) is 9.79. The first-order valence-corrected chi connectivity index (χ1v) is 6.34. The van der Waals surface area contributed by atoms with Gasteiger partial charge in [-0.2, -0.15) is 0 Å². The van der Waals surface area contributed by atoms with Crippen molar-refractivity contribution < 1.29 is 9.47 Å². The maximum Gasteiger partial charge on any atom is 0.161 e. The Morgan fingerprint density at radius 2 is 2.00 bits per heavy atom. The van der Waals surface area contributed by atoms with E-state index in [2.05, 4.69) is 10.4 Å². The molecule has 0 fully saturated rings. The van der Waals surface area contributed by atoms with Gasteiger partial charge >= 0.3 is 0 Å². The topological polar surface area (TPSA) is 95.4 Å². The molecule has 0 aliphatic carbocycles. The summed E-state index contributed by atoms with van der Waals surface area (Å²) in [4.78, 5) is 4.07. The zero-order valence-electron chi connectivity index (χ0n) is 10.8. The number of hydrogen-bond donors (Lipinski definition) is 3. The molecule has 0 radical (unpaired) electrons. The predicted octanol–water partition coefficient (Wildman–Crippen LogP) is 1.01. The van der Waals surface area contributed by atoms with Crippen molar-refractivity contribution in [1.82, 2.24) is 10.4 Å². The highest BCUT2D eigenvalue weighted by molar-refractivity contribution is 5.44. The second-order valence-electron chi connectivity index (χ2n) is 4.54. The van der Waals surface area contributed by atoms with Crippen molar-refractivity contribution in [2.45, 2.75) is 12.1 Å². The van der Waals surface area contributed by atoms with E-state index >= 15 is 0 Å². The number of hydrogen-bond acceptors (Lipinski definition) is 6. The van der Waals surface area contributed by atoms with Crippen LogP contribution in [-0.2, 0) is 0 Å². The molecule has 3 rings (SSSR count). The summed E-state index contributed by atoms with van der Waals surface area (Å²) in [6.45, 7) is 0.389. The number of rotatable bonds is 3. The average Bonchev–Trinajstić information content (AvgIpc) is 2.50. The van der Waals surface area contributed by atoms with Crippen molar-refractivity contribution in [3.05, 3.63) is 48.2 Å². The van der Waals surface area contributed by atoms with E-state index in [1.165, 1.54) is 0 Å². The van der Waals surface area contributed by atoms with Gasteiger partial charge in [-0.05, 0) is 18.2 Å². The molecule has 1 aromatic carbocycles. The lowest BCUT2D eigenvalue weighted by atomic mass is 10.0. The largest absolute Gasteiger partial charge is 0.486 e. The number of pyridine rings is 1. The van der Waals surface area contributed by atoms with Gasteiger partial charge in [0.05, 0.1) is 6.04 Å². The Morgan fingerprint density at radius 1 is 1.20 bits per heavy atom. The number of nitrogens with two attached hydrogens (primary N) is 2. The van der Waals surface area contributed by atoms with Gasteiger partial charge in [-0.1, -0.05) is 18.2 Å². The van der Waals surface area contributed by atoms with Gasteiger partial charge in [0.25, 0.3) is 0 Å². The molecule has 104 valence electrons. The van der Waals surface area contributed by atoms with E-state index < -0.39 is 0 Å². The van der Waals surface area contributed by atoms with Crippen LogP contribution in [0.2, 0.25) is 0 Å². The number of ether oxygens (including phenoxy) is 2. The van der Waals surface area contributed by atoms with Crippen molar-refractivity contribution in [3.63, 3.8) is 0 Å². The van der Waals surface area contributed by atoms with E-state index in [4.69, 9.17) is 21.1 Å². The lowest BCUT2D eigenvalue weighted by Gasteiger charge is -2.32. The molecule has 0 spiro atoms. The molecule has 1 aromatic heterocycles. The fourth-order valence-electron chi connectivity index (χ4n) is 2.29. The maximum absolute atomic E-state index is 5.94. The van der Waals surface area contributed by atoms with E-state index in [-0.39, 0.29) is 12.1 Å². The number of benzene rings is 1. The van der Waals surface area contributed by atoms with Crippen LogP contribution >= 0.6 is 0 Å². The highest BCUT2D eigenvalue weighted by Crippen LogP contribution is 2.34. The molecule has 2 atom stereocenters. The van der Waals surface area contributed by atoms with Crippen molar-refractivity contribution >= 4 is 5.82 Å². The SMILES string of the molecule is NNC(c1cccnc1N)C1COc2ccccc2O1. The van der Waals surface area contributed by atoms with Gasteiger partial charge < -0.3 is 15.2 Å². The van der Waals surface area contributed by atoms with Crippen LogP contribution in [0.15, 0.2) is 42.6 Å². The molecule has 6 nitrogen and oxygen atoms in total. The van der Waals surface area contributed by atoms with Gasteiger partial charge in [0.15, 0.2) is 17.6 Å². The van der Waals surface area contributed by atoms with Crippen LogP contribution in [0.5, 0.6) is 11.5 Å². The number of fused-ring (bicyclic) bond motifs is 1. The van der Waals surface area contributed by atoms with Crippen molar-refractivity contribution in [3.8, 4) is 11.5 Å². The van der Waals surface area contributed by atoms with Gasteiger partial charge in [0, 0.05) is 11.8 Å². The number of nitrogen functional groups attached to an aromatic ring is 1. The number of aromatic nitrogens is 1. The van der Waals surface area contributed by atoms with E-state index in [1.807, 2.05) is 36.4 Å². The summed E-state index contributed by atoms with van der Waals surface area (Å²) in [6.07, 6.45) is 1.36. The zero-order valence-corrected chi connectivity index (χ0v) is 10.8.